The van der Waals surface area contributed by atoms with Crippen LogP contribution in [0.5, 0.6) is 5.75 Å². The minimum atomic E-state index is -0.901. The van der Waals surface area contributed by atoms with Crippen molar-refractivity contribution in [2.45, 2.75) is 78.1 Å². The van der Waals surface area contributed by atoms with Gasteiger partial charge >= 0.3 is 0 Å². The number of aliphatic hydroxyl groups is 1. The van der Waals surface area contributed by atoms with Crippen molar-refractivity contribution in [3.63, 3.8) is 0 Å². The van der Waals surface area contributed by atoms with E-state index in [9.17, 15) is 14.3 Å². The fourth-order valence-electron chi connectivity index (χ4n) is 5.63. The van der Waals surface area contributed by atoms with E-state index in [-0.39, 0.29) is 18.9 Å². The summed E-state index contributed by atoms with van der Waals surface area (Å²) in [5.74, 6) is -0.180. The first kappa shape index (κ1) is 31.7. The zero-order chi connectivity index (χ0) is 29.9. The molecular formula is C35H46FN3O3. The second-order valence-electron chi connectivity index (χ2n) is 11.5. The van der Waals surface area contributed by atoms with Gasteiger partial charge in [0.1, 0.15) is 11.6 Å². The molecule has 0 fully saturated rings. The Morgan fingerprint density at radius 2 is 1.90 bits per heavy atom. The smallest absolute Gasteiger partial charge is 0.251 e. The van der Waals surface area contributed by atoms with Crippen LogP contribution in [0.2, 0.25) is 0 Å². The zero-order valence-electron chi connectivity index (χ0n) is 25.3. The van der Waals surface area contributed by atoms with Crippen LogP contribution in [0.3, 0.4) is 0 Å². The number of carbonyl (C=O) groups excluding carboxylic acids is 1. The Bertz CT molecular complexity index is 1310. The maximum absolute atomic E-state index is 14.6. The molecule has 226 valence electrons. The highest BCUT2D eigenvalue weighted by Crippen LogP contribution is 2.20. The minimum absolute atomic E-state index is 0.251. The first-order valence-electron chi connectivity index (χ1n) is 15.4. The highest BCUT2D eigenvalue weighted by molar-refractivity contribution is 5.94. The SMILES string of the molecule is CCCN1CCCCOc2cc(F)cc(c2)C[C@@H]([C@H](O)CNCc2cccc(CC)c2)NC(=O)c2cc(C)cc(c2)C1. The number of nitrogens with zero attached hydrogens (tertiary/aromatic N) is 1. The number of aryl methyl sites for hydroxylation is 2. The molecule has 1 aliphatic rings. The Hall–Kier alpha value is -3.26. The first-order chi connectivity index (χ1) is 20.3. The molecule has 0 aromatic heterocycles. The summed E-state index contributed by atoms with van der Waals surface area (Å²) in [6.07, 6.45) is 3.18. The van der Waals surface area contributed by atoms with Gasteiger partial charge in [0.15, 0.2) is 0 Å². The van der Waals surface area contributed by atoms with Crippen LogP contribution < -0.4 is 15.4 Å². The van der Waals surface area contributed by atoms with Crippen LogP contribution in [0.15, 0.2) is 60.7 Å². The lowest BCUT2D eigenvalue weighted by atomic mass is 9.99. The van der Waals surface area contributed by atoms with Gasteiger partial charge in [0, 0.05) is 31.3 Å². The molecule has 0 radical (unpaired) electrons. The molecule has 1 heterocycles. The van der Waals surface area contributed by atoms with Crippen LogP contribution in [0.4, 0.5) is 4.39 Å². The Balaban J connectivity index is 1.57. The Kier molecular flexibility index (Phi) is 11.9. The quantitative estimate of drug-likeness (QED) is 0.328. The largest absolute Gasteiger partial charge is 0.493 e. The van der Waals surface area contributed by atoms with Gasteiger partial charge < -0.3 is 20.5 Å². The highest BCUT2D eigenvalue weighted by Gasteiger charge is 2.24. The lowest BCUT2D eigenvalue weighted by Gasteiger charge is -2.25. The summed E-state index contributed by atoms with van der Waals surface area (Å²) in [5, 5.41) is 17.7. The molecule has 0 saturated carbocycles. The molecule has 0 saturated heterocycles. The number of hydrogen-bond acceptors (Lipinski definition) is 5. The standard InChI is InChI=1S/C35H46FN3O3/c1-4-11-39-12-6-7-13-42-32-19-28(18-31(36)21-32)20-33(38-35(41)30-15-25(3)14-29(17-30)24-39)34(40)23-37-22-27-10-8-9-26(5-2)16-27/h8-10,14-19,21,33-34,37,40H,4-7,11-13,20,22-24H2,1-3H3,(H,38,41)/t33-,34+/m0/s1. The fourth-order valence-corrected chi connectivity index (χ4v) is 5.63. The molecular weight excluding hydrogens is 529 g/mol. The van der Waals surface area contributed by atoms with E-state index in [4.69, 9.17) is 4.74 Å². The summed E-state index contributed by atoms with van der Waals surface area (Å²) in [6, 6.07) is 18.3. The van der Waals surface area contributed by atoms with E-state index in [2.05, 4.69) is 53.6 Å². The Morgan fingerprint density at radius 1 is 1.07 bits per heavy atom. The second kappa shape index (κ2) is 15.8. The molecule has 0 spiro atoms. The third kappa shape index (κ3) is 9.65. The topological polar surface area (TPSA) is 73.8 Å². The average Bonchev–Trinajstić information content (AvgIpc) is 2.95. The van der Waals surface area contributed by atoms with E-state index < -0.39 is 18.0 Å². The number of hydrogen-bond donors (Lipinski definition) is 3. The molecule has 7 heteroatoms. The molecule has 6 nitrogen and oxygen atoms in total. The van der Waals surface area contributed by atoms with Crippen molar-refractivity contribution in [2.24, 2.45) is 0 Å². The van der Waals surface area contributed by atoms with Crippen molar-refractivity contribution in [3.05, 3.63) is 99.9 Å². The van der Waals surface area contributed by atoms with E-state index in [0.29, 0.717) is 30.0 Å². The predicted molar refractivity (Wildman–Crippen MR) is 166 cm³/mol. The number of aliphatic hydroxyl groups excluding tert-OH is 1. The van der Waals surface area contributed by atoms with Gasteiger partial charge in [-0.1, -0.05) is 49.7 Å². The molecule has 4 bridgehead atoms. The number of benzene rings is 3. The molecule has 1 amide bonds. The summed E-state index contributed by atoms with van der Waals surface area (Å²) in [5.41, 5.74) is 5.73. The number of halogens is 1. The summed E-state index contributed by atoms with van der Waals surface area (Å²) in [7, 11) is 0. The van der Waals surface area contributed by atoms with Crippen molar-refractivity contribution in [3.8, 4) is 5.75 Å². The number of ether oxygens (including phenoxy) is 1. The van der Waals surface area contributed by atoms with Crippen LogP contribution in [-0.4, -0.2) is 54.3 Å². The molecule has 4 rings (SSSR count). The highest BCUT2D eigenvalue weighted by atomic mass is 19.1. The average molecular weight is 576 g/mol. The van der Waals surface area contributed by atoms with Crippen LogP contribution in [0.25, 0.3) is 0 Å². The van der Waals surface area contributed by atoms with Crippen LogP contribution in [-0.2, 0) is 25.9 Å². The Labute approximate surface area is 250 Å². The molecule has 1 aliphatic heterocycles. The zero-order valence-corrected chi connectivity index (χ0v) is 25.3. The van der Waals surface area contributed by atoms with Gasteiger partial charge in [0.05, 0.1) is 18.8 Å². The predicted octanol–water partition coefficient (Wildman–Crippen LogP) is 5.57. The number of rotatable bonds is 8. The summed E-state index contributed by atoms with van der Waals surface area (Å²) >= 11 is 0. The van der Waals surface area contributed by atoms with Gasteiger partial charge in [0.2, 0.25) is 0 Å². The second-order valence-corrected chi connectivity index (χ2v) is 11.5. The molecule has 3 N–H and O–H groups in total. The first-order valence-corrected chi connectivity index (χ1v) is 15.4. The molecule has 42 heavy (non-hydrogen) atoms. The van der Waals surface area contributed by atoms with Gasteiger partial charge in [-0.2, -0.15) is 0 Å². The molecule has 3 aromatic carbocycles. The van der Waals surface area contributed by atoms with E-state index in [0.717, 1.165) is 62.0 Å². The van der Waals surface area contributed by atoms with Crippen LogP contribution >= 0.6 is 0 Å². The molecule has 3 aromatic rings. The number of fused-ring (bicyclic) bond motifs is 4. The van der Waals surface area contributed by atoms with Crippen molar-refractivity contribution in [1.82, 2.24) is 15.5 Å². The monoisotopic (exact) mass is 575 g/mol. The molecule has 0 unspecified atom stereocenters. The normalized spacial score (nSPS) is 17.6. The van der Waals surface area contributed by atoms with Gasteiger partial charge in [-0.25, -0.2) is 4.39 Å². The van der Waals surface area contributed by atoms with E-state index >= 15 is 0 Å². The van der Waals surface area contributed by atoms with Gasteiger partial charge in [-0.15, -0.1) is 0 Å². The minimum Gasteiger partial charge on any atom is -0.493 e. The maximum Gasteiger partial charge on any atom is 0.251 e. The van der Waals surface area contributed by atoms with Crippen LogP contribution in [0, 0.1) is 12.7 Å². The van der Waals surface area contributed by atoms with Gasteiger partial charge in [-0.3, -0.25) is 9.69 Å². The number of amides is 1. The number of carbonyl (C=O) groups is 1. The fraction of sp³-hybridized carbons (Fsp3) is 0.457. The summed E-state index contributed by atoms with van der Waals surface area (Å²) < 4.78 is 20.6. The van der Waals surface area contributed by atoms with E-state index in [1.807, 2.05) is 31.2 Å². The van der Waals surface area contributed by atoms with Gasteiger partial charge in [0.25, 0.3) is 5.91 Å². The lowest BCUT2D eigenvalue weighted by molar-refractivity contribution is 0.0829. The third-order valence-electron chi connectivity index (χ3n) is 7.73. The van der Waals surface area contributed by atoms with Crippen molar-refractivity contribution in [2.75, 3.05) is 26.2 Å². The third-order valence-corrected chi connectivity index (χ3v) is 7.73. The molecule has 0 aliphatic carbocycles. The summed E-state index contributed by atoms with van der Waals surface area (Å²) in [6.45, 7) is 10.3. The number of nitrogens with one attached hydrogen (secondary N) is 2. The van der Waals surface area contributed by atoms with E-state index in [1.54, 1.807) is 0 Å². The van der Waals surface area contributed by atoms with Gasteiger partial charge in [-0.05, 0) is 98.6 Å². The van der Waals surface area contributed by atoms with Crippen molar-refractivity contribution >= 4 is 5.91 Å². The Morgan fingerprint density at radius 3 is 2.71 bits per heavy atom. The van der Waals surface area contributed by atoms with Crippen molar-refractivity contribution < 1.29 is 19.0 Å². The van der Waals surface area contributed by atoms with Crippen LogP contribution in [0.1, 0.15) is 71.3 Å². The maximum atomic E-state index is 14.6. The van der Waals surface area contributed by atoms with Crippen molar-refractivity contribution in [1.29, 1.82) is 0 Å². The molecule has 2 atom stereocenters. The lowest BCUT2D eigenvalue weighted by Crippen LogP contribution is -2.48. The summed E-state index contributed by atoms with van der Waals surface area (Å²) in [4.78, 5) is 16.0. The van der Waals surface area contributed by atoms with E-state index in [1.165, 1.54) is 17.7 Å².